The zero-order valence-corrected chi connectivity index (χ0v) is 17.6. The number of phenolic OH excluding ortho intramolecular Hbond substituents is 4. The van der Waals surface area contributed by atoms with Gasteiger partial charge in [-0.15, -0.1) is 0 Å². The first-order valence-corrected chi connectivity index (χ1v) is 9.97. The largest absolute Gasteiger partial charge is 0.508 e. The van der Waals surface area contributed by atoms with Crippen LogP contribution in [0.25, 0.3) is 11.1 Å². The van der Waals surface area contributed by atoms with Crippen LogP contribution in [0.2, 0.25) is 0 Å². The van der Waals surface area contributed by atoms with Crippen LogP contribution in [0.3, 0.4) is 0 Å². The number of benzene rings is 4. The molecule has 0 saturated heterocycles. The van der Waals surface area contributed by atoms with Crippen molar-refractivity contribution < 1.29 is 20.4 Å². The van der Waals surface area contributed by atoms with E-state index < -0.39 is 0 Å². The van der Waals surface area contributed by atoms with E-state index in [4.69, 9.17) is 10.2 Å². The molecule has 158 valence electrons. The third-order valence-corrected chi connectivity index (χ3v) is 4.92. The lowest BCUT2D eigenvalue weighted by Crippen LogP contribution is -1.91. The lowest BCUT2D eigenvalue weighted by Gasteiger charge is -2.08. The van der Waals surface area contributed by atoms with E-state index >= 15 is 0 Å². The van der Waals surface area contributed by atoms with Crippen LogP contribution in [0.1, 0.15) is 22.3 Å². The highest BCUT2D eigenvalue weighted by Crippen LogP contribution is 2.27. The maximum atomic E-state index is 9.77. The van der Waals surface area contributed by atoms with Gasteiger partial charge < -0.3 is 20.4 Å². The van der Waals surface area contributed by atoms with E-state index in [-0.39, 0.29) is 23.0 Å². The first-order valence-electron chi connectivity index (χ1n) is 9.97. The van der Waals surface area contributed by atoms with Crippen molar-refractivity contribution in [3.8, 4) is 34.1 Å². The Labute approximate surface area is 182 Å². The molecule has 0 atom stereocenters. The normalized spacial score (nSPS) is 10.3. The average molecular weight is 415 g/mol. The van der Waals surface area contributed by atoms with E-state index in [1.807, 2.05) is 62.4 Å². The van der Waals surface area contributed by atoms with Crippen molar-refractivity contribution in [2.24, 2.45) is 0 Å². The molecular weight excluding hydrogens is 388 g/mol. The minimum absolute atomic E-state index is 0.257. The Morgan fingerprint density at radius 2 is 0.839 bits per heavy atom. The van der Waals surface area contributed by atoms with Gasteiger partial charge in [0.2, 0.25) is 0 Å². The molecule has 0 aliphatic rings. The summed E-state index contributed by atoms with van der Waals surface area (Å²) in [6.45, 7) is 3.97. The molecule has 4 rings (SSSR count). The Bertz CT molecular complexity index is 1050. The maximum Gasteiger partial charge on any atom is 0.119 e. The predicted molar refractivity (Wildman–Crippen MR) is 124 cm³/mol. The second-order valence-corrected chi connectivity index (χ2v) is 7.53. The van der Waals surface area contributed by atoms with Crippen molar-refractivity contribution in [1.29, 1.82) is 0 Å². The fraction of sp³-hybridized carbons (Fsp3) is 0.111. The van der Waals surface area contributed by atoms with Crippen molar-refractivity contribution in [1.82, 2.24) is 0 Å². The molecule has 0 saturated carbocycles. The molecule has 4 aromatic rings. The van der Waals surface area contributed by atoms with Crippen molar-refractivity contribution in [2.45, 2.75) is 20.3 Å². The van der Waals surface area contributed by atoms with E-state index in [9.17, 15) is 10.2 Å². The highest BCUT2D eigenvalue weighted by Gasteiger charge is 2.07. The Morgan fingerprint density at radius 1 is 0.484 bits per heavy atom. The predicted octanol–water partition coefficient (Wildman–Crippen LogP) is 6.07. The van der Waals surface area contributed by atoms with Crippen LogP contribution in [0.5, 0.6) is 23.0 Å². The molecule has 0 radical (unpaired) electrons. The zero-order valence-electron chi connectivity index (χ0n) is 17.6. The molecular formula is C27H26O4. The van der Waals surface area contributed by atoms with Crippen molar-refractivity contribution >= 4 is 0 Å². The second kappa shape index (κ2) is 9.72. The summed E-state index contributed by atoms with van der Waals surface area (Å²) >= 11 is 0. The van der Waals surface area contributed by atoms with Crippen molar-refractivity contribution in [2.75, 3.05) is 0 Å². The van der Waals surface area contributed by atoms with Crippen molar-refractivity contribution in [3.05, 3.63) is 107 Å². The highest BCUT2D eigenvalue weighted by atomic mass is 16.3. The molecule has 0 aliphatic heterocycles. The standard InChI is InChI=1S/C15H16O2.C12H10O2/c1-10-3-5-14(16)12(7-10)9-13-8-11(2)4-6-15(13)17;13-11-5-1-9(2-6-11)10-3-7-12(14)8-4-10/h3-8,16-17H,9H2,1-2H3;1-8,13-14H. The molecule has 0 spiro atoms. The summed E-state index contributed by atoms with van der Waals surface area (Å²) in [5.74, 6) is 1.06. The Balaban J connectivity index is 0.000000179. The molecule has 4 nitrogen and oxygen atoms in total. The number of phenols is 4. The summed E-state index contributed by atoms with van der Waals surface area (Å²) in [6, 6.07) is 24.9. The number of hydrogen-bond acceptors (Lipinski definition) is 4. The monoisotopic (exact) mass is 414 g/mol. The summed E-state index contributed by atoms with van der Waals surface area (Å²) in [7, 11) is 0. The Hall–Kier alpha value is -3.92. The minimum Gasteiger partial charge on any atom is -0.508 e. The van der Waals surface area contributed by atoms with Crippen LogP contribution in [0, 0.1) is 13.8 Å². The zero-order chi connectivity index (χ0) is 22.4. The number of hydrogen-bond donors (Lipinski definition) is 4. The van der Waals surface area contributed by atoms with Gasteiger partial charge in [0, 0.05) is 6.42 Å². The first-order chi connectivity index (χ1) is 14.8. The molecule has 31 heavy (non-hydrogen) atoms. The van der Waals surface area contributed by atoms with Crippen LogP contribution >= 0.6 is 0 Å². The fourth-order valence-corrected chi connectivity index (χ4v) is 3.22. The van der Waals surface area contributed by atoms with E-state index in [0.29, 0.717) is 6.42 Å². The Morgan fingerprint density at radius 3 is 1.19 bits per heavy atom. The third-order valence-electron chi connectivity index (χ3n) is 4.92. The minimum atomic E-state index is 0.257. The first kappa shape index (κ1) is 21.8. The third kappa shape index (κ3) is 6.03. The van der Waals surface area contributed by atoms with Crippen LogP contribution in [0.15, 0.2) is 84.9 Å². The molecule has 0 heterocycles. The average Bonchev–Trinajstić information content (AvgIpc) is 2.75. The summed E-state index contributed by atoms with van der Waals surface area (Å²) in [6.07, 6.45) is 0.543. The van der Waals surface area contributed by atoms with Crippen LogP contribution in [-0.4, -0.2) is 20.4 Å². The van der Waals surface area contributed by atoms with Gasteiger partial charge in [0.25, 0.3) is 0 Å². The van der Waals surface area contributed by atoms with Crippen LogP contribution in [0.4, 0.5) is 0 Å². The van der Waals surface area contributed by atoms with Crippen molar-refractivity contribution in [3.63, 3.8) is 0 Å². The molecule has 4 heteroatoms. The lowest BCUT2D eigenvalue weighted by molar-refractivity contribution is 0.462. The van der Waals surface area contributed by atoms with Gasteiger partial charge in [0.05, 0.1) is 0 Å². The Kier molecular flexibility index (Phi) is 6.83. The molecule has 0 unspecified atom stereocenters. The molecule has 0 bridgehead atoms. The molecule has 4 N–H and O–H groups in total. The van der Waals surface area contributed by atoms with Gasteiger partial charge in [-0.05, 0) is 72.5 Å². The highest BCUT2D eigenvalue weighted by molar-refractivity contribution is 5.64. The second-order valence-electron chi connectivity index (χ2n) is 7.53. The van der Waals surface area contributed by atoms with Crippen LogP contribution in [-0.2, 0) is 6.42 Å². The van der Waals surface area contributed by atoms with Crippen LogP contribution < -0.4 is 0 Å². The van der Waals surface area contributed by atoms with Gasteiger partial charge in [-0.3, -0.25) is 0 Å². The maximum absolute atomic E-state index is 9.77. The molecule has 0 aromatic heterocycles. The summed E-state index contributed by atoms with van der Waals surface area (Å²) in [4.78, 5) is 0. The van der Waals surface area contributed by atoms with Gasteiger partial charge in [0.15, 0.2) is 0 Å². The van der Waals surface area contributed by atoms with Gasteiger partial charge in [-0.2, -0.15) is 0 Å². The number of aromatic hydroxyl groups is 4. The summed E-state index contributed by atoms with van der Waals surface area (Å²) < 4.78 is 0. The summed E-state index contributed by atoms with van der Waals surface area (Å²) in [5.41, 5.74) is 5.91. The molecule has 0 aliphatic carbocycles. The number of aryl methyl sites for hydroxylation is 2. The van der Waals surface area contributed by atoms with E-state index in [0.717, 1.165) is 33.4 Å². The van der Waals surface area contributed by atoms with Gasteiger partial charge in [-0.1, -0.05) is 59.7 Å². The smallest absolute Gasteiger partial charge is 0.119 e. The SMILES string of the molecule is Cc1ccc(O)c(Cc2cc(C)ccc2O)c1.Oc1ccc(-c2ccc(O)cc2)cc1. The quantitative estimate of drug-likeness (QED) is 0.328. The van der Waals surface area contributed by atoms with Gasteiger partial charge in [0.1, 0.15) is 23.0 Å². The lowest BCUT2D eigenvalue weighted by atomic mass is 10.00. The number of rotatable bonds is 3. The topological polar surface area (TPSA) is 80.9 Å². The van der Waals surface area contributed by atoms with Gasteiger partial charge >= 0.3 is 0 Å². The van der Waals surface area contributed by atoms with E-state index in [1.54, 1.807) is 36.4 Å². The van der Waals surface area contributed by atoms with E-state index in [2.05, 4.69) is 0 Å². The molecule has 4 aromatic carbocycles. The molecule has 0 fully saturated rings. The van der Waals surface area contributed by atoms with E-state index in [1.165, 1.54) is 0 Å². The molecule has 0 amide bonds. The van der Waals surface area contributed by atoms with Gasteiger partial charge in [-0.25, -0.2) is 0 Å². The summed E-state index contributed by atoms with van der Waals surface area (Å²) in [5, 5.41) is 37.8. The fourth-order valence-electron chi connectivity index (χ4n) is 3.22.